The Hall–Kier alpha value is -2.76. The third-order valence-electron chi connectivity index (χ3n) is 5.37. The van der Waals surface area contributed by atoms with Gasteiger partial charge < -0.3 is 19.6 Å². The van der Waals surface area contributed by atoms with Crippen LogP contribution in [0.2, 0.25) is 0 Å². The van der Waals surface area contributed by atoms with E-state index >= 15 is 0 Å². The average molecular weight is 399 g/mol. The van der Waals surface area contributed by atoms with Gasteiger partial charge in [-0.15, -0.1) is 0 Å². The number of aryl methyl sites for hydroxylation is 2. The van der Waals surface area contributed by atoms with E-state index < -0.39 is 17.9 Å². The van der Waals surface area contributed by atoms with E-state index in [0.29, 0.717) is 17.7 Å². The van der Waals surface area contributed by atoms with Crippen molar-refractivity contribution in [3.63, 3.8) is 0 Å². The molecule has 0 bridgehead atoms. The van der Waals surface area contributed by atoms with Crippen LogP contribution in [0.4, 0.5) is 0 Å². The molecule has 1 aliphatic carbocycles. The normalized spacial score (nSPS) is 15.3. The van der Waals surface area contributed by atoms with Crippen LogP contribution in [0.1, 0.15) is 56.9 Å². The van der Waals surface area contributed by atoms with Crippen molar-refractivity contribution in [1.29, 1.82) is 0 Å². The van der Waals surface area contributed by atoms with Gasteiger partial charge in [0.05, 0.1) is 7.11 Å². The highest BCUT2D eigenvalue weighted by atomic mass is 16.5. The first-order chi connectivity index (χ1) is 13.8. The van der Waals surface area contributed by atoms with Gasteiger partial charge in [0.15, 0.2) is 0 Å². The third kappa shape index (κ3) is 4.63. The Kier molecular flexibility index (Phi) is 6.30. The zero-order valence-corrected chi connectivity index (χ0v) is 17.5. The van der Waals surface area contributed by atoms with Gasteiger partial charge in [0.2, 0.25) is 5.91 Å². The van der Waals surface area contributed by atoms with Gasteiger partial charge in [-0.1, -0.05) is 13.8 Å². The van der Waals surface area contributed by atoms with Crippen LogP contribution in [0.25, 0.3) is 16.5 Å². The lowest BCUT2D eigenvalue weighted by molar-refractivity contribution is -0.141. The zero-order valence-electron chi connectivity index (χ0n) is 17.5. The number of aliphatic carboxylic acids is 1. The molecule has 1 amide bonds. The first-order valence-electron chi connectivity index (χ1n) is 10.1. The number of allylic oxidation sites excluding steroid dienone is 1. The van der Waals surface area contributed by atoms with Gasteiger partial charge in [-0.25, -0.2) is 4.79 Å². The molecule has 6 heteroatoms. The molecule has 0 saturated carbocycles. The summed E-state index contributed by atoms with van der Waals surface area (Å²) in [6.07, 6.45) is 6.04. The largest absolute Gasteiger partial charge is 0.496 e. The number of carboxylic acids is 1. The lowest BCUT2D eigenvalue weighted by Crippen LogP contribution is -2.40. The van der Waals surface area contributed by atoms with E-state index in [0.717, 1.165) is 48.0 Å². The molecule has 156 valence electrons. The SMILES string of the molecule is COc1cc2oc3c(c2cc1/C(C)=C/C(=O)NC(CC(C)C)C(=O)O)CCCC3. The fourth-order valence-corrected chi connectivity index (χ4v) is 3.95. The Bertz CT molecular complexity index is 954. The molecule has 3 rings (SSSR count). The number of hydrogen-bond donors (Lipinski definition) is 2. The summed E-state index contributed by atoms with van der Waals surface area (Å²) in [5, 5.41) is 13.0. The minimum Gasteiger partial charge on any atom is -0.496 e. The van der Waals surface area contributed by atoms with E-state index in [1.165, 1.54) is 11.6 Å². The van der Waals surface area contributed by atoms with Gasteiger partial charge in [0.25, 0.3) is 0 Å². The lowest BCUT2D eigenvalue weighted by Gasteiger charge is -2.16. The number of furan rings is 1. The van der Waals surface area contributed by atoms with E-state index in [1.54, 1.807) is 7.11 Å². The summed E-state index contributed by atoms with van der Waals surface area (Å²) < 4.78 is 11.6. The van der Waals surface area contributed by atoms with Gasteiger partial charge in [-0.05, 0) is 50.2 Å². The van der Waals surface area contributed by atoms with Crippen LogP contribution in [-0.4, -0.2) is 30.1 Å². The number of methoxy groups -OCH3 is 1. The molecule has 1 unspecified atom stereocenters. The second-order valence-electron chi connectivity index (χ2n) is 8.12. The molecule has 1 heterocycles. The van der Waals surface area contributed by atoms with E-state index in [9.17, 15) is 14.7 Å². The number of benzene rings is 1. The molecule has 1 aromatic heterocycles. The predicted molar refractivity (Wildman–Crippen MR) is 112 cm³/mol. The minimum atomic E-state index is -1.03. The number of carbonyl (C=O) groups is 2. The summed E-state index contributed by atoms with van der Waals surface area (Å²) in [5.74, 6) is 0.384. The topological polar surface area (TPSA) is 88.8 Å². The molecular weight excluding hydrogens is 370 g/mol. The lowest BCUT2D eigenvalue weighted by atomic mass is 9.94. The van der Waals surface area contributed by atoms with Crippen molar-refractivity contribution >= 4 is 28.4 Å². The first-order valence-corrected chi connectivity index (χ1v) is 10.1. The summed E-state index contributed by atoms with van der Waals surface area (Å²) in [7, 11) is 1.59. The van der Waals surface area contributed by atoms with Crippen LogP contribution >= 0.6 is 0 Å². The fraction of sp³-hybridized carbons (Fsp3) is 0.478. The highest BCUT2D eigenvalue weighted by molar-refractivity contribution is 5.99. The Morgan fingerprint density at radius 3 is 2.66 bits per heavy atom. The van der Waals surface area contributed by atoms with Crippen LogP contribution in [0.3, 0.4) is 0 Å². The number of amides is 1. The van der Waals surface area contributed by atoms with Crippen LogP contribution < -0.4 is 10.1 Å². The number of rotatable bonds is 7. The minimum absolute atomic E-state index is 0.163. The van der Waals surface area contributed by atoms with Gasteiger partial charge in [-0.2, -0.15) is 0 Å². The summed E-state index contributed by atoms with van der Waals surface area (Å²) in [6, 6.07) is 2.98. The monoisotopic (exact) mass is 399 g/mol. The smallest absolute Gasteiger partial charge is 0.326 e. The maximum absolute atomic E-state index is 12.5. The molecule has 0 spiro atoms. The van der Waals surface area contributed by atoms with Crippen molar-refractivity contribution in [2.45, 2.75) is 58.9 Å². The highest BCUT2D eigenvalue weighted by Gasteiger charge is 2.22. The Morgan fingerprint density at radius 1 is 1.28 bits per heavy atom. The number of carboxylic acid groups (broad SMARTS) is 1. The van der Waals surface area contributed by atoms with Crippen LogP contribution in [0.15, 0.2) is 22.6 Å². The molecule has 0 aliphatic heterocycles. The molecule has 1 aliphatic rings. The molecule has 2 aromatic rings. The van der Waals surface area contributed by atoms with Gasteiger partial charge >= 0.3 is 5.97 Å². The molecule has 0 fully saturated rings. The van der Waals surface area contributed by atoms with Crippen LogP contribution in [-0.2, 0) is 22.4 Å². The molecule has 6 nitrogen and oxygen atoms in total. The maximum atomic E-state index is 12.5. The molecule has 0 radical (unpaired) electrons. The van der Waals surface area contributed by atoms with Crippen LogP contribution in [0, 0.1) is 5.92 Å². The number of carbonyl (C=O) groups excluding carboxylic acids is 1. The average Bonchev–Trinajstić information content (AvgIpc) is 3.03. The number of fused-ring (bicyclic) bond motifs is 3. The second kappa shape index (κ2) is 8.72. The summed E-state index contributed by atoms with van der Waals surface area (Å²) in [4.78, 5) is 23.9. The van der Waals surface area contributed by atoms with Crippen molar-refractivity contribution in [1.82, 2.24) is 5.32 Å². The third-order valence-corrected chi connectivity index (χ3v) is 5.37. The van der Waals surface area contributed by atoms with Crippen molar-refractivity contribution in [2.24, 2.45) is 5.92 Å². The molecule has 29 heavy (non-hydrogen) atoms. The Morgan fingerprint density at radius 2 is 2.00 bits per heavy atom. The Balaban J connectivity index is 1.91. The highest BCUT2D eigenvalue weighted by Crippen LogP contribution is 2.37. The molecule has 2 N–H and O–H groups in total. The quantitative estimate of drug-likeness (QED) is 0.676. The van der Waals surface area contributed by atoms with Crippen molar-refractivity contribution in [3.8, 4) is 5.75 Å². The molecule has 0 saturated heterocycles. The number of ether oxygens (including phenoxy) is 1. The molecule has 1 atom stereocenters. The van der Waals surface area contributed by atoms with Gasteiger partial charge in [0, 0.05) is 35.1 Å². The second-order valence-corrected chi connectivity index (χ2v) is 8.12. The van der Waals surface area contributed by atoms with Crippen molar-refractivity contribution in [2.75, 3.05) is 7.11 Å². The standard InChI is InChI=1S/C23H29NO5/c1-13(2)9-18(23(26)27)24-22(25)10-14(3)16-11-17-15-7-5-6-8-19(15)29-21(17)12-20(16)28-4/h10-13,18H,5-9H2,1-4H3,(H,24,25)(H,26,27)/b14-10+. The van der Waals surface area contributed by atoms with E-state index in [1.807, 2.05) is 32.9 Å². The fourth-order valence-electron chi connectivity index (χ4n) is 3.95. The van der Waals surface area contributed by atoms with E-state index in [-0.39, 0.29) is 5.92 Å². The van der Waals surface area contributed by atoms with Crippen molar-refractivity contribution in [3.05, 3.63) is 35.1 Å². The summed E-state index contributed by atoms with van der Waals surface area (Å²) >= 11 is 0. The predicted octanol–water partition coefficient (Wildman–Crippen LogP) is 4.34. The maximum Gasteiger partial charge on any atom is 0.326 e. The first kappa shape index (κ1) is 21.0. The van der Waals surface area contributed by atoms with E-state index in [2.05, 4.69) is 5.32 Å². The summed E-state index contributed by atoms with van der Waals surface area (Å²) in [5.41, 5.74) is 3.56. The molecule has 1 aromatic carbocycles. The summed E-state index contributed by atoms with van der Waals surface area (Å²) in [6.45, 7) is 5.68. The molecular formula is C23H29NO5. The number of nitrogens with one attached hydrogen (secondary N) is 1. The van der Waals surface area contributed by atoms with Gasteiger partial charge in [-0.3, -0.25) is 4.79 Å². The zero-order chi connectivity index (χ0) is 21.1. The number of hydrogen-bond acceptors (Lipinski definition) is 4. The van der Waals surface area contributed by atoms with Gasteiger partial charge in [0.1, 0.15) is 23.1 Å². The van der Waals surface area contributed by atoms with E-state index in [4.69, 9.17) is 9.15 Å². The van der Waals surface area contributed by atoms with Crippen LogP contribution in [0.5, 0.6) is 5.75 Å². The Labute approximate surface area is 170 Å². The van der Waals surface area contributed by atoms with Crippen molar-refractivity contribution < 1.29 is 23.8 Å².